The van der Waals surface area contributed by atoms with Crippen LogP contribution in [0.3, 0.4) is 0 Å². The van der Waals surface area contributed by atoms with Gasteiger partial charge in [0.15, 0.2) is 0 Å². The highest BCUT2D eigenvalue weighted by Gasteiger charge is 2.34. The van der Waals surface area contributed by atoms with Gasteiger partial charge in [-0.05, 0) is 86.8 Å². The van der Waals surface area contributed by atoms with Gasteiger partial charge in [0, 0.05) is 25.7 Å². The van der Waals surface area contributed by atoms with Gasteiger partial charge < -0.3 is 15.5 Å². The summed E-state index contributed by atoms with van der Waals surface area (Å²) in [5.41, 5.74) is 1.16. The number of β-amino-alcohol motifs (C(OH)–C–C–N with tert-alkyl or cyclic N) is 1. The van der Waals surface area contributed by atoms with Crippen molar-refractivity contribution < 1.29 is 36.6 Å². The zero-order valence-electron chi connectivity index (χ0n) is 23.3. The van der Waals surface area contributed by atoms with E-state index in [9.17, 15) is 36.6 Å². The Morgan fingerprint density at radius 3 is 2.25 bits per heavy atom. The minimum atomic E-state index is -4.82. The lowest BCUT2D eigenvalue weighted by molar-refractivity contribution is -0.141. The van der Waals surface area contributed by atoms with E-state index in [1.54, 1.807) is 6.92 Å². The van der Waals surface area contributed by atoms with Crippen LogP contribution in [-0.2, 0) is 40.3 Å². The van der Waals surface area contributed by atoms with Crippen molar-refractivity contribution in [2.75, 3.05) is 20.1 Å². The Labute approximate surface area is 234 Å². The highest BCUT2D eigenvalue weighted by atomic mass is 32.2. The molecule has 0 heterocycles. The number of likely N-dealkylation sites (N-methyl/N-ethyl adjacent to an activating group) is 1. The lowest BCUT2D eigenvalue weighted by atomic mass is 9.88. The molecule has 11 heteroatoms. The fourth-order valence-electron chi connectivity index (χ4n) is 5.40. The Morgan fingerprint density at radius 2 is 1.73 bits per heavy atom. The van der Waals surface area contributed by atoms with E-state index in [2.05, 4.69) is 17.4 Å². The Bertz CT molecular complexity index is 1270. The molecule has 7 nitrogen and oxygen atoms in total. The van der Waals surface area contributed by atoms with Crippen LogP contribution < -0.4 is 5.32 Å². The summed E-state index contributed by atoms with van der Waals surface area (Å²) in [4.78, 5) is 10.8. The second kappa shape index (κ2) is 12.6. The van der Waals surface area contributed by atoms with Gasteiger partial charge in [0.2, 0.25) is 10.0 Å². The van der Waals surface area contributed by atoms with Gasteiger partial charge in [-0.3, -0.25) is 4.79 Å². The van der Waals surface area contributed by atoms with Crippen LogP contribution in [0, 0.1) is 11.8 Å². The van der Waals surface area contributed by atoms with E-state index in [-0.39, 0.29) is 37.0 Å². The van der Waals surface area contributed by atoms with E-state index in [1.165, 1.54) is 18.2 Å². The van der Waals surface area contributed by atoms with Crippen molar-refractivity contribution in [1.82, 2.24) is 9.62 Å². The summed E-state index contributed by atoms with van der Waals surface area (Å²) in [5, 5.41) is 23.3. The summed E-state index contributed by atoms with van der Waals surface area (Å²) < 4.78 is 68.1. The molecule has 1 aliphatic rings. The number of carboxylic acids is 1. The van der Waals surface area contributed by atoms with Crippen LogP contribution in [-0.4, -0.2) is 60.7 Å². The van der Waals surface area contributed by atoms with E-state index in [0.29, 0.717) is 12.0 Å². The molecule has 2 aromatic carbocycles. The average Bonchev–Trinajstić information content (AvgIpc) is 3.26. The number of carboxylic acid groups (broad SMARTS) is 1. The van der Waals surface area contributed by atoms with Crippen molar-refractivity contribution >= 4 is 16.0 Å². The number of aliphatic hydroxyl groups is 1. The maximum atomic E-state index is 13.6. The molecule has 0 fully saturated rings. The minimum Gasteiger partial charge on any atom is -0.481 e. The molecule has 3 N–H and O–H groups in total. The van der Waals surface area contributed by atoms with E-state index >= 15 is 0 Å². The molecule has 0 radical (unpaired) electrons. The molecule has 222 valence electrons. The zero-order chi connectivity index (χ0) is 29.9. The summed E-state index contributed by atoms with van der Waals surface area (Å²) >= 11 is 0. The second-order valence-electron chi connectivity index (χ2n) is 11.5. The largest absolute Gasteiger partial charge is 0.481 e. The Hall–Kier alpha value is -2.47. The Kier molecular flexibility index (Phi) is 10.1. The molecular weight excluding hydrogens is 545 g/mol. The lowest BCUT2D eigenvalue weighted by Gasteiger charge is -2.31. The molecular formula is C29H39F3N2O5S. The third kappa shape index (κ3) is 8.28. The maximum absolute atomic E-state index is 13.6. The number of rotatable bonds is 13. The topological polar surface area (TPSA) is 107 Å². The van der Waals surface area contributed by atoms with Crippen molar-refractivity contribution in [2.45, 2.75) is 75.6 Å². The molecule has 0 saturated heterocycles. The Morgan fingerprint density at radius 1 is 1.12 bits per heavy atom. The molecule has 1 aliphatic carbocycles. The number of fused-ring (bicyclic) bond motifs is 1. The van der Waals surface area contributed by atoms with Gasteiger partial charge in [0.1, 0.15) is 0 Å². The molecule has 2 aromatic rings. The normalized spacial score (nSPS) is 16.2. The van der Waals surface area contributed by atoms with Crippen molar-refractivity contribution in [3.05, 3.63) is 64.7 Å². The van der Waals surface area contributed by atoms with Crippen LogP contribution in [0.1, 0.15) is 55.9 Å². The van der Waals surface area contributed by atoms with Crippen LogP contribution >= 0.6 is 0 Å². The predicted molar refractivity (Wildman–Crippen MR) is 146 cm³/mol. The van der Waals surface area contributed by atoms with E-state index in [0.717, 1.165) is 35.7 Å². The van der Waals surface area contributed by atoms with Gasteiger partial charge in [-0.25, -0.2) is 8.42 Å². The number of halogens is 3. The third-order valence-corrected chi connectivity index (χ3v) is 9.35. The third-order valence-electron chi connectivity index (χ3n) is 7.54. The lowest BCUT2D eigenvalue weighted by Crippen LogP contribution is -2.47. The van der Waals surface area contributed by atoms with Crippen LogP contribution in [0.15, 0.2) is 47.4 Å². The van der Waals surface area contributed by atoms with Crippen LogP contribution in [0.2, 0.25) is 0 Å². The molecule has 0 aliphatic heterocycles. The maximum Gasteiger partial charge on any atom is 0.416 e. The summed E-state index contributed by atoms with van der Waals surface area (Å²) in [6, 6.07) is 10.8. The number of nitrogens with zero attached hydrogens (tertiary/aromatic N) is 1. The van der Waals surface area contributed by atoms with Crippen LogP contribution in [0.5, 0.6) is 0 Å². The number of nitrogens with one attached hydrogen (secondary N) is 1. The molecule has 40 heavy (non-hydrogen) atoms. The molecule has 3 rings (SSSR count). The highest BCUT2D eigenvalue weighted by Crippen LogP contribution is 2.34. The SMILES string of the molecule is CC[C@H](Cc1cc(C(F)(F)F)cc(S(=O)(=O)N(C)CC(O)CNC(C)(C)CC2Cc3ccccc3C2)c1)C(=O)O. The van der Waals surface area contributed by atoms with Crippen molar-refractivity contribution in [3.63, 3.8) is 0 Å². The number of aliphatic hydroxyl groups excluding tert-OH is 1. The fourth-order valence-corrected chi connectivity index (χ4v) is 6.71. The first kappa shape index (κ1) is 32.0. The van der Waals surface area contributed by atoms with Crippen LogP contribution in [0.25, 0.3) is 0 Å². The van der Waals surface area contributed by atoms with Crippen molar-refractivity contribution in [1.29, 1.82) is 0 Å². The first-order chi connectivity index (χ1) is 18.5. The first-order valence-corrected chi connectivity index (χ1v) is 14.9. The standard InChI is InChI=1S/C29H39F3N2O5S/c1-5-21(27(36)37)10-19-13-24(29(30,31)32)15-26(14-19)40(38,39)34(4)18-25(35)17-33-28(2,3)16-20-11-22-8-6-7-9-23(22)12-20/h6-9,13-15,20-21,25,33,35H,5,10-12,16-18H2,1-4H3,(H,36,37)/t21-,25?/m1/s1. The summed E-state index contributed by atoms with van der Waals surface area (Å²) in [7, 11) is -3.21. The summed E-state index contributed by atoms with van der Waals surface area (Å²) in [6.45, 7) is 5.40. The number of hydrogen-bond donors (Lipinski definition) is 3. The number of alkyl halides is 3. The van der Waals surface area contributed by atoms with Gasteiger partial charge in [-0.2, -0.15) is 17.5 Å². The molecule has 1 unspecified atom stereocenters. The molecule has 0 aromatic heterocycles. The molecule has 0 bridgehead atoms. The number of benzene rings is 2. The molecule has 0 spiro atoms. The minimum absolute atomic E-state index is 0.0333. The van der Waals surface area contributed by atoms with Gasteiger partial charge >= 0.3 is 12.1 Å². The number of aliphatic carboxylic acids is 1. The van der Waals surface area contributed by atoms with E-state index < -0.39 is 44.6 Å². The quantitative estimate of drug-likeness (QED) is 0.320. The number of sulfonamides is 1. The van der Waals surface area contributed by atoms with Gasteiger partial charge in [-0.1, -0.05) is 31.2 Å². The zero-order valence-corrected chi connectivity index (χ0v) is 24.1. The van der Waals surface area contributed by atoms with Gasteiger partial charge in [-0.15, -0.1) is 0 Å². The van der Waals surface area contributed by atoms with Gasteiger partial charge in [0.05, 0.1) is 22.5 Å². The second-order valence-corrected chi connectivity index (χ2v) is 13.5. The number of carbonyl (C=O) groups is 1. The smallest absolute Gasteiger partial charge is 0.416 e. The van der Waals surface area contributed by atoms with E-state index in [1.807, 2.05) is 26.0 Å². The Balaban J connectivity index is 1.66. The molecule has 0 amide bonds. The molecule has 0 saturated carbocycles. The first-order valence-electron chi connectivity index (χ1n) is 13.4. The van der Waals surface area contributed by atoms with Crippen molar-refractivity contribution in [2.24, 2.45) is 11.8 Å². The highest BCUT2D eigenvalue weighted by molar-refractivity contribution is 7.89. The van der Waals surface area contributed by atoms with Gasteiger partial charge in [0.25, 0.3) is 0 Å². The van der Waals surface area contributed by atoms with Crippen LogP contribution in [0.4, 0.5) is 13.2 Å². The van der Waals surface area contributed by atoms with E-state index in [4.69, 9.17) is 0 Å². The fraction of sp³-hybridized carbons (Fsp3) is 0.552. The average molecular weight is 585 g/mol. The number of hydrogen-bond acceptors (Lipinski definition) is 5. The van der Waals surface area contributed by atoms with Crippen molar-refractivity contribution in [3.8, 4) is 0 Å². The summed E-state index contributed by atoms with van der Waals surface area (Å²) in [6.07, 6.45) is -3.18. The predicted octanol–water partition coefficient (Wildman–Crippen LogP) is 4.51. The monoisotopic (exact) mass is 584 g/mol. The summed E-state index contributed by atoms with van der Waals surface area (Å²) in [5.74, 6) is -1.67. The molecule has 2 atom stereocenters.